The number of carbonyl (C=O) groups excluding carboxylic acids is 1. The van der Waals surface area contributed by atoms with Crippen LogP contribution in [0.5, 0.6) is 0 Å². The van der Waals surface area contributed by atoms with Crippen molar-refractivity contribution in [3.63, 3.8) is 0 Å². The Bertz CT molecular complexity index is 759. The van der Waals surface area contributed by atoms with Gasteiger partial charge in [0, 0.05) is 24.1 Å². The molecule has 1 aromatic carbocycles. The van der Waals surface area contributed by atoms with Gasteiger partial charge in [-0.25, -0.2) is 19.4 Å². The number of nitrogens with one attached hydrogen (secondary N) is 2. The SMILES string of the molecule is C[C@H](Nc1cc(C(=O)NN)cc(F)c1C(F)(F)F)[C@H]1CCN(C(=O)O)C[C@H]1F. The van der Waals surface area contributed by atoms with Gasteiger partial charge >= 0.3 is 12.3 Å². The molecule has 7 nitrogen and oxygen atoms in total. The van der Waals surface area contributed by atoms with Crippen molar-refractivity contribution in [3.8, 4) is 0 Å². The highest BCUT2D eigenvalue weighted by atomic mass is 19.4. The number of nitrogen functional groups attached to an aromatic ring is 1. The molecule has 3 atom stereocenters. The molecule has 1 saturated heterocycles. The quantitative estimate of drug-likeness (QED) is 0.264. The largest absolute Gasteiger partial charge is 0.465 e. The van der Waals surface area contributed by atoms with Crippen LogP contribution in [-0.4, -0.2) is 47.3 Å². The smallest absolute Gasteiger partial charge is 0.421 e. The molecule has 0 saturated carbocycles. The molecule has 156 valence electrons. The summed E-state index contributed by atoms with van der Waals surface area (Å²) < 4.78 is 68.3. The van der Waals surface area contributed by atoms with Crippen LogP contribution in [-0.2, 0) is 6.18 Å². The third kappa shape index (κ3) is 4.61. The minimum absolute atomic E-state index is 0.0164. The Labute approximate surface area is 156 Å². The average molecular weight is 410 g/mol. The highest BCUT2D eigenvalue weighted by Crippen LogP contribution is 2.38. The lowest BCUT2D eigenvalue weighted by atomic mass is 9.88. The van der Waals surface area contributed by atoms with Crippen LogP contribution in [0, 0.1) is 11.7 Å². The number of alkyl halides is 4. The maximum atomic E-state index is 14.4. The normalized spacial score (nSPS) is 21.2. The summed E-state index contributed by atoms with van der Waals surface area (Å²) in [6.07, 6.45) is -7.91. The summed E-state index contributed by atoms with van der Waals surface area (Å²) in [5.41, 5.74) is -1.10. The summed E-state index contributed by atoms with van der Waals surface area (Å²) in [4.78, 5) is 23.4. The van der Waals surface area contributed by atoms with Crippen molar-refractivity contribution in [1.82, 2.24) is 10.3 Å². The molecular formula is C16H19F5N4O3. The Morgan fingerprint density at radius 3 is 2.50 bits per heavy atom. The average Bonchev–Trinajstić information content (AvgIpc) is 2.58. The van der Waals surface area contributed by atoms with Gasteiger partial charge in [0.05, 0.1) is 12.2 Å². The third-order valence-corrected chi connectivity index (χ3v) is 4.65. The molecule has 1 heterocycles. The first kappa shape index (κ1) is 21.7. The maximum absolute atomic E-state index is 14.4. The molecule has 1 fully saturated rings. The third-order valence-electron chi connectivity index (χ3n) is 4.65. The minimum Gasteiger partial charge on any atom is -0.465 e. The fourth-order valence-electron chi connectivity index (χ4n) is 3.24. The van der Waals surface area contributed by atoms with E-state index in [-0.39, 0.29) is 13.0 Å². The van der Waals surface area contributed by atoms with Crippen LogP contribution < -0.4 is 16.6 Å². The van der Waals surface area contributed by atoms with E-state index in [1.165, 1.54) is 6.92 Å². The van der Waals surface area contributed by atoms with Gasteiger partial charge in [-0.05, 0) is 25.5 Å². The molecule has 1 aliphatic rings. The lowest BCUT2D eigenvalue weighted by Crippen LogP contribution is -2.48. The van der Waals surface area contributed by atoms with Crippen LogP contribution in [0.3, 0.4) is 0 Å². The molecule has 0 radical (unpaired) electrons. The first-order chi connectivity index (χ1) is 13.0. The second-order valence-corrected chi connectivity index (χ2v) is 6.48. The Morgan fingerprint density at radius 1 is 1.36 bits per heavy atom. The van der Waals surface area contributed by atoms with Gasteiger partial charge in [-0.15, -0.1) is 0 Å². The molecule has 12 heteroatoms. The van der Waals surface area contributed by atoms with Crippen LogP contribution in [0.2, 0.25) is 0 Å². The van der Waals surface area contributed by atoms with Gasteiger partial charge in [0.1, 0.15) is 17.6 Å². The van der Waals surface area contributed by atoms with Gasteiger partial charge in [-0.1, -0.05) is 0 Å². The van der Waals surface area contributed by atoms with E-state index in [9.17, 15) is 31.5 Å². The van der Waals surface area contributed by atoms with E-state index in [2.05, 4.69) is 5.32 Å². The van der Waals surface area contributed by atoms with E-state index in [4.69, 9.17) is 10.9 Å². The van der Waals surface area contributed by atoms with E-state index in [0.717, 1.165) is 11.0 Å². The van der Waals surface area contributed by atoms with E-state index in [1.54, 1.807) is 5.43 Å². The first-order valence-electron chi connectivity index (χ1n) is 8.25. The molecule has 2 rings (SSSR count). The number of likely N-dealkylation sites (tertiary alicyclic amines) is 1. The van der Waals surface area contributed by atoms with Gasteiger partial charge < -0.3 is 15.3 Å². The van der Waals surface area contributed by atoms with Crippen molar-refractivity contribution in [2.75, 3.05) is 18.4 Å². The summed E-state index contributed by atoms with van der Waals surface area (Å²) in [5.74, 6) is 1.44. The summed E-state index contributed by atoms with van der Waals surface area (Å²) >= 11 is 0. The van der Waals surface area contributed by atoms with Gasteiger partial charge in [0.2, 0.25) is 0 Å². The number of hydrazine groups is 1. The molecule has 0 aromatic heterocycles. The molecule has 0 unspecified atom stereocenters. The predicted octanol–water partition coefficient (Wildman–Crippen LogP) is 2.59. The highest BCUT2D eigenvalue weighted by molar-refractivity contribution is 5.95. The van der Waals surface area contributed by atoms with Gasteiger partial charge in [0.15, 0.2) is 0 Å². The molecule has 0 bridgehead atoms. The number of halogens is 5. The summed E-state index contributed by atoms with van der Waals surface area (Å²) in [7, 11) is 0. The van der Waals surface area contributed by atoms with Crippen LogP contribution in [0.25, 0.3) is 0 Å². The number of amides is 2. The van der Waals surface area contributed by atoms with E-state index in [1.807, 2.05) is 0 Å². The molecule has 28 heavy (non-hydrogen) atoms. The number of hydrogen-bond donors (Lipinski definition) is 4. The van der Waals surface area contributed by atoms with Crippen LogP contribution in [0.1, 0.15) is 29.3 Å². The fraction of sp³-hybridized carbons (Fsp3) is 0.500. The molecular weight excluding hydrogens is 391 g/mol. The Morgan fingerprint density at radius 2 is 2.00 bits per heavy atom. The molecule has 1 aliphatic heterocycles. The molecule has 0 spiro atoms. The van der Waals surface area contributed by atoms with Gasteiger partial charge in [-0.3, -0.25) is 10.2 Å². The van der Waals surface area contributed by atoms with Crippen molar-refractivity contribution in [2.45, 2.75) is 31.7 Å². The van der Waals surface area contributed by atoms with Crippen LogP contribution in [0.4, 0.5) is 32.4 Å². The van der Waals surface area contributed by atoms with Crippen molar-refractivity contribution < 1.29 is 36.6 Å². The zero-order chi connectivity index (χ0) is 21.2. The van der Waals surface area contributed by atoms with Crippen molar-refractivity contribution >= 4 is 17.7 Å². The number of nitrogens with two attached hydrogens (primary N) is 1. The molecule has 5 N–H and O–H groups in total. The fourth-order valence-corrected chi connectivity index (χ4v) is 3.24. The molecule has 2 amide bonds. The van der Waals surface area contributed by atoms with Crippen molar-refractivity contribution in [1.29, 1.82) is 0 Å². The minimum atomic E-state index is -5.06. The summed E-state index contributed by atoms with van der Waals surface area (Å²) in [5, 5.41) is 11.3. The monoisotopic (exact) mass is 410 g/mol. The second-order valence-electron chi connectivity index (χ2n) is 6.48. The lowest BCUT2D eigenvalue weighted by Gasteiger charge is -2.37. The number of benzene rings is 1. The Hall–Kier alpha value is -2.63. The summed E-state index contributed by atoms with van der Waals surface area (Å²) in [6, 6.07) is 0.289. The number of nitrogens with zero attached hydrogens (tertiary/aromatic N) is 1. The topological polar surface area (TPSA) is 108 Å². The van der Waals surface area contributed by atoms with Crippen LogP contribution >= 0.6 is 0 Å². The van der Waals surface area contributed by atoms with E-state index < -0.39 is 65.5 Å². The van der Waals surface area contributed by atoms with Crippen molar-refractivity contribution in [2.24, 2.45) is 11.8 Å². The number of hydrogen-bond acceptors (Lipinski definition) is 4. The predicted molar refractivity (Wildman–Crippen MR) is 88.7 cm³/mol. The van der Waals surface area contributed by atoms with E-state index in [0.29, 0.717) is 6.07 Å². The molecule has 0 aliphatic carbocycles. The summed E-state index contributed by atoms with van der Waals surface area (Å²) in [6.45, 7) is 1.01. The standard InChI is InChI=1S/C16H19F5N4O3/c1-7(9-2-3-25(15(27)28)6-11(9)18)23-12-5-8(14(26)24-22)4-10(17)13(12)16(19,20)21/h4-5,7,9,11,23H,2-3,6,22H2,1H3,(H,24,26)(H,27,28)/t7-,9+,11+/m0/s1. The van der Waals surface area contributed by atoms with Gasteiger partial charge in [-0.2, -0.15) is 13.2 Å². The second kappa shape index (κ2) is 8.17. The van der Waals surface area contributed by atoms with E-state index >= 15 is 0 Å². The first-order valence-corrected chi connectivity index (χ1v) is 8.25. The van der Waals surface area contributed by atoms with Crippen LogP contribution in [0.15, 0.2) is 12.1 Å². The number of carboxylic acid groups (broad SMARTS) is 1. The zero-order valence-corrected chi connectivity index (χ0v) is 14.7. The van der Waals surface area contributed by atoms with Gasteiger partial charge in [0.25, 0.3) is 5.91 Å². The zero-order valence-electron chi connectivity index (χ0n) is 14.7. The Balaban J connectivity index is 2.32. The number of anilines is 1. The van der Waals surface area contributed by atoms with Crippen molar-refractivity contribution in [3.05, 3.63) is 29.1 Å². The Kier molecular flexibility index (Phi) is 6.32. The lowest BCUT2D eigenvalue weighted by molar-refractivity contribution is -0.139. The molecule has 1 aromatic rings. The highest BCUT2D eigenvalue weighted by Gasteiger charge is 2.40. The number of piperidine rings is 1. The number of rotatable bonds is 4. The maximum Gasteiger partial charge on any atom is 0.421 e. The number of carbonyl (C=O) groups is 2.